The van der Waals surface area contributed by atoms with Crippen LogP contribution >= 0.6 is 22.7 Å². The van der Waals surface area contributed by atoms with Gasteiger partial charge in [0.1, 0.15) is 9.75 Å². The number of nitrogens with zero attached hydrogens (tertiary/aromatic N) is 2. The van der Waals surface area contributed by atoms with Crippen molar-refractivity contribution in [3.8, 4) is 0 Å². The highest BCUT2D eigenvalue weighted by molar-refractivity contribution is 7.13. The van der Waals surface area contributed by atoms with E-state index < -0.39 is 5.97 Å². The van der Waals surface area contributed by atoms with Gasteiger partial charge in [-0.2, -0.15) is 0 Å². The largest absolute Gasteiger partial charge is 0.477 e. The molecule has 32 heavy (non-hydrogen) atoms. The molecule has 0 saturated heterocycles. The van der Waals surface area contributed by atoms with Crippen molar-refractivity contribution < 1.29 is 19.4 Å². The highest BCUT2D eigenvalue weighted by atomic mass is 32.1. The Morgan fingerprint density at radius 1 is 0.781 bits per heavy atom. The average Bonchev–Trinajstić information content (AvgIpc) is 3.44. The number of carboxylic acids is 1. The molecule has 2 heterocycles. The number of ether oxygens (including phenoxy) is 1. The Bertz CT molecular complexity index is 774. The Morgan fingerprint density at radius 2 is 1.25 bits per heavy atom. The number of esters is 1. The third-order valence-electron chi connectivity index (χ3n) is 4.78. The summed E-state index contributed by atoms with van der Waals surface area (Å²) in [6.07, 6.45) is 17.4. The zero-order valence-corrected chi connectivity index (χ0v) is 21.4. The molecule has 0 saturated carbocycles. The lowest BCUT2D eigenvalue weighted by molar-refractivity contribution is 0.0531. The lowest BCUT2D eigenvalue weighted by Crippen LogP contribution is -2.01. The van der Waals surface area contributed by atoms with Crippen LogP contribution in [0.1, 0.15) is 114 Å². The van der Waals surface area contributed by atoms with Crippen molar-refractivity contribution in [2.45, 2.75) is 97.8 Å². The van der Waals surface area contributed by atoms with Gasteiger partial charge in [0.15, 0.2) is 0 Å². The second-order valence-electron chi connectivity index (χ2n) is 7.59. The molecule has 0 spiro atoms. The van der Waals surface area contributed by atoms with Crippen LogP contribution in [0.5, 0.6) is 0 Å². The van der Waals surface area contributed by atoms with Gasteiger partial charge in [-0.05, 0) is 32.6 Å². The highest BCUT2D eigenvalue weighted by Gasteiger charge is 2.11. The molecule has 0 unspecified atom stereocenters. The first-order chi connectivity index (χ1) is 15.5. The first kappa shape index (κ1) is 28.2. The van der Waals surface area contributed by atoms with E-state index >= 15 is 0 Å². The number of aromatic nitrogens is 2. The van der Waals surface area contributed by atoms with Crippen molar-refractivity contribution in [3.63, 3.8) is 0 Å². The molecule has 0 fully saturated rings. The Hall–Kier alpha value is -1.80. The maximum atomic E-state index is 11.4. The standard InChI is InChI=1S/C13H21NO2S.C11H17NO2S/c1-3-5-6-7-8-9-12-14-10-11(17-12)13(15)16-4-2;1-2-3-4-5-6-7-10-12-8-9(15-10)11(13)14/h10H,3-9H2,1-2H3;8H,2-7H2,1H3,(H,13,14). The average molecular weight is 483 g/mol. The fraction of sp³-hybridized carbons (Fsp3) is 0.667. The molecular weight excluding hydrogens is 444 g/mol. The molecule has 180 valence electrons. The monoisotopic (exact) mass is 482 g/mol. The summed E-state index contributed by atoms with van der Waals surface area (Å²) >= 11 is 2.75. The summed E-state index contributed by atoms with van der Waals surface area (Å²) < 4.78 is 4.93. The van der Waals surface area contributed by atoms with Gasteiger partial charge < -0.3 is 9.84 Å². The van der Waals surface area contributed by atoms with E-state index in [0.29, 0.717) is 16.4 Å². The topological polar surface area (TPSA) is 89.4 Å². The fourth-order valence-electron chi connectivity index (χ4n) is 3.01. The van der Waals surface area contributed by atoms with E-state index in [0.717, 1.165) is 35.7 Å². The smallest absolute Gasteiger partial charge is 0.349 e. The number of unbranched alkanes of at least 4 members (excludes halogenated alkanes) is 8. The molecule has 0 amide bonds. The normalized spacial score (nSPS) is 10.5. The van der Waals surface area contributed by atoms with Crippen LogP contribution in [0.25, 0.3) is 0 Å². The number of carboxylic acid groups (broad SMARTS) is 1. The molecule has 0 aromatic carbocycles. The van der Waals surface area contributed by atoms with Crippen LogP contribution < -0.4 is 0 Å². The minimum absolute atomic E-state index is 0.248. The number of carbonyl (C=O) groups excluding carboxylic acids is 1. The Kier molecular flexibility index (Phi) is 15.6. The minimum atomic E-state index is -0.871. The van der Waals surface area contributed by atoms with E-state index in [4.69, 9.17) is 9.84 Å². The first-order valence-corrected chi connectivity index (χ1v) is 13.4. The predicted octanol–water partition coefficient (Wildman–Crippen LogP) is 7.19. The molecule has 0 aliphatic rings. The number of aromatic carboxylic acids is 1. The van der Waals surface area contributed by atoms with Gasteiger partial charge in [-0.25, -0.2) is 19.6 Å². The summed E-state index contributed by atoms with van der Waals surface area (Å²) in [7, 11) is 0. The Morgan fingerprint density at radius 3 is 1.69 bits per heavy atom. The summed E-state index contributed by atoms with van der Waals surface area (Å²) in [5, 5.41) is 10.7. The van der Waals surface area contributed by atoms with Crippen LogP contribution in [-0.2, 0) is 17.6 Å². The second kappa shape index (κ2) is 17.7. The van der Waals surface area contributed by atoms with Crippen molar-refractivity contribution in [1.29, 1.82) is 0 Å². The zero-order chi connectivity index (χ0) is 23.6. The molecule has 1 N–H and O–H groups in total. The van der Waals surface area contributed by atoms with Gasteiger partial charge in [0.2, 0.25) is 0 Å². The third kappa shape index (κ3) is 12.3. The number of aryl methyl sites for hydroxylation is 2. The summed E-state index contributed by atoms with van der Waals surface area (Å²) in [6, 6.07) is 0. The lowest BCUT2D eigenvalue weighted by atomic mass is 10.1. The molecule has 0 bridgehead atoms. The van der Waals surface area contributed by atoms with Crippen LogP contribution in [0.15, 0.2) is 12.4 Å². The van der Waals surface area contributed by atoms with Crippen LogP contribution in [0, 0.1) is 0 Å². The van der Waals surface area contributed by atoms with E-state index in [-0.39, 0.29) is 5.97 Å². The van der Waals surface area contributed by atoms with Crippen molar-refractivity contribution in [2.75, 3.05) is 6.61 Å². The van der Waals surface area contributed by atoms with E-state index in [1.807, 2.05) is 6.92 Å². The van der Waals surface area contributed by atoms with Crippen molar-refractivity contribution in [1.82, 2.24) is 9.97 Å². The van der Waals surface area contributed by atoms with Gasteiger partial charge >= 0.3 is 11.9 Å². The van der Waals surface area contributed by atoms with Gasteiger partial charge in [0.25, 0.3) is 0 Å². The SMILES string of the molecule is CCCCCCCc1ncc(C(=O)O)s1.CCCCCCCc1ncc(C(=O)OCC)s1. The van der Waals surface area contributed by atoms with Crippen molar-refractivity contribution in [3.05, 3.63) is 32.2 Å². The van der Waals surface area contributed by atoms with Crippen molar-refractivity contribution >= 4 is 34.6 Å². The minimum Gasteiger partial charge on any atom is -0.477 e. The summed E-state index contributed by atoms with van der Waals surface area (Å²) in [4.78, 5) is 31.3. The summed E-state index contributed by atoms with van der Waals surface area (Å²) in [6.45, 7) is 6.64. The number of thiazole rings is 2. The molecule has 2 aromatic rings. The molecular formula is C24H38N2O4S2. The second-order valence-corrected chi connectivity index (χ2v) is 9.82. The molecule has 0 atom stereocenters. The zero-order valence-electron chi connectivity index (χ0n) is 19.7. The molecule has 0 radical (unpaired) electrons. The fourth-order valence-corrected chi connectivity index (χ4v) is 4.66. The Labute approximate surface area is 200 Å². The van der Waals surface area contributed by atoms with Gasteiger partial charge in [-0.3, -0.25) is 0 Å². The van der Waals surface area contributed by atoms with E-state index in [1.54, 1.807) is 6.20 Å². The number of hydrogen-bond acceptors (Lipinski definition) is 7. The van der Waals surface area contributed by atoms with Crippen molar-refractivity contribution in [2.24, 2.45) is 0 Å². The maximum Gasteiger partial charge on any atom is 0.349 e. The lowest BCUT2D eigenvalue weighted by Gasteiger charge is -1.97. The molecule has 8 heteroatoms. The molecule has 0 aliphatic heterocycles. The summed E-state index contributed by atoms with van der Waals surface area (Å²) in [5.41, 5.74) is 0. The summed E-state index contributed by atoms with van der Waals surface area (Å²) in [5.74, 6) is -1.12. The molecule has 6 nitrogen and oxygen atoms in total. The van der Waals surface area contributed by atoms with E-state index in [1.165, 1.54) is 80.2 Å². The van der Waals surface area contributed by atoms with Crippen LogP contribution in [0.4, 0.5) is 0 Å². The predicted molar refractivity (Wildman–Crippen MR) is 132 cm³/mol. The van der Waals surface area contributed by atoms with Crippen LogP contribution in [0.3, 0.4) is 0 Å². The third-order valence-corrected chi connectivity index (χ3v) is 6.87. The van der Waals surface area contributed by atoms with Gasteiger partial charge in [-0.15, -0.1) is 22.7 Å². The van der Waals surface area contributed by atoms with E-state index in [9.17, 15) is 9.59 Å². The van der Waals surface area contributed by atoms with Crippen LogP contribution in [-0.4, -0.2) is 33.6 Å². The molecule has 2 aromatic heterocycles. The van der Waals surface area contributed by atoms with Crippen LogP contribution in [0.2, 0.25) is 0 Å². The highest BCUT2D eigenvalue weighted by Crippen LogP contribution is 2.17. The molecule has 0 aliphatic carbocycles. The number of carbonyl (C=O) groups is 2. The van der Waals surface area contributed by atoms with Gasteiger partial charge in [0, 0.05) is 0 Å². The van der Waals surface area contributed by atoms with E-state index in [2.05, 4.69) is 23.8 Å². The molecule has 2 rings (SSSR count). The quantitative estimate of drug-likeness (QED) is 0.213. The van der Waals surface area contributed by atoms with Gasteiger partial charge in [0.05, 0.1) is 29.0 Å². The van der Waals surface area contributed by atoms with Gasteiger partial charge in [-0.1, -0.05) is 65.2 Å². The first-order valence-electron chi connectivity index (χ1n) is 11.8. The Balaban J connectivity index is 0.000000323. The number of rotatable bonds is 15. The maximum absolute atomic E-state index is 11.4. The number of hydrogen-bond donors (Lipinski definition) is 1.